The first kappa shape index (κ1) is 20.6. The molecule has 1 aliphatic heterocycles. The van der Waals surface area contributed by atoms with Gasteiger partial charge in [0.05, 0.1) is 0 Å². The zero-order valence-corrected chi connectivity index (χ0v) is 16.4. The van der Waals surface area contributed by atoms with E-state index in [1.165, 1.54) is 22.6 Å². The van der Waals surface area contributed by atoms with E-state index in [-0.39, 0.29) is 22.9 Å². The summed E-state index contributed by atoms with van der Waals surface area (Å²) in [5.41, 5.74) is 0.443. The molecule has 0 atom stereocenters. The molecule has 1 aliphatic rings. The van der Waals surface area contributed by atoms with Crippen LogP contribution in [0.5, 0.6) is 5.75 Å². The van der Waals surface area contributed by atoms with Gasteiger partial charge in [0.2, 0.25) is 10.0 Å². The summed E-state index contributed by atoms with van der Waals surface area (Å²) in [4.78, 5) is 15.0. The number of ether oxygens (including phenoxy) is 1. The van der Waals surface area contributed by atoms with E-state index in [9.17, 15) is 22.0 Å². The van der Waals surface area contributed by atoms with Gasteiger partial charge < -0.3 is 15.0 Å². The molecule has 7 nitrogen and oxygen atoms in total. The van der Waals surface area contributed by atoms with Gasteiger partial charge in [-0.25, -0.2) is 8.42 Å². The number of rotatable bonds is 7. The second-order valence-corrected chi connectivity index (χ2v) is 9.10. The lowest BCUT2D eigenvalue weighted by molar-refractivity contribution is -0.0504. The van der Waals surface area contributed by atoms with E-state index in [0.717, 1.165) is 11.5 Å². The van der Waals surface area contributed by atoms with E-state index in [0.29, 0.717) is 18.7 Å². The third kappa shape index (κ3) is 4.83. The van der Waals surface area contributed by atoms with Crippen molar-refractivity contribution in [1.82, 2.24) is 14.6 Å². The largest absolute Gasteiger partial charge is 0.434 e. The van der Waals surface area contributed by atoms with Crippen LogP contribution < -0.4 is 10.1 Å². The first-order valence-electron chi connectivity index (χ1n) is 8.45. The summed E-state index contributed by atoms with van der Waals surface area (Å²) in [5.74, 6) is 0.881. The summed E-state index contributed by atoms with van der Waals surface area (Å²) in [7, 11) is -3.66. The highest BCUT2D eigenvalue weighted by Gasteiger charge is 2.27. The molecule has 11 heteroatoms. The Labute approximate surface area is 165 Å². The summed E-state index contributed by atoms with van der Waals surface area (Å²) in [6, 6.07) is 7.38. The van der Waals surface area contributed by atoms with Crippen molar-refractivity contribution in [2.75, 3.05) is 24.6 Å². The Morgan fingerprint density at radius 2 is 2.00 bits per heavy atom. The molecule has 1 amide bonds. The number of thioether (sulfide) groups is 1. The van der Waals surface area contributed by atoms with Crippen molar-refractivity contribution in [3.05, 3.63) is 47.8 Å². The minimum Gasteiger partial charge on any atom is -0.434 e. The van der Waals surface area contributed by atoms with Crippen LogP contribution in [-0.2, 0) is 16.6 Å². The minimum atomic E-state index is -3.66. The van der Waals surface area contributed by atoms with Crippen LogP contribution in [0.3, 0.4) is 0 Å². The highest BCUT2D eigenvalue weighted by Crippen LogP contribution is 2.22. The predicted molar refractivity (Wildman–Crippen MR) is 101 cm³/mol. The van der Waals surface area contributed by atoms with Crippen molar-refractivity contribution >= 4 is 27.7 Å². The van der Waals surface area contributed by atoms with Gasteiger partial charge in [-0.15, -0.1) is 0 Å². The Kier molecular flexibility index (Phi) is 6.57. The van der Waals surface area contributed by atoms with Crippen LogP contribution in [-0.4, -0.2) is 54.8 Å². The van der Waals surface area contributed by atoms with Gasteiger partial charge in [0.15, 0.2) is 0 Å². The molecule has 2 N–H and O–H groups in total. The third-order valence-electron chi connectivity index (χ3n) is 4.14. The lowest BCUT2D eigenvalue weighted by Gasteiger charge is -2.24. The fraction of sp³-hybridized carbons (Fsp3) is 0.353. The number of hydrogen-bond acceptors (Lipinski definition) is 5. The van der Waals surface area contributed by atoms with Crippen LogP contribution in [0.1, 0.15) is 16.1 Å². The molecule has 1 aromatic heterocycles. The number of amides is 1. The number of aromatic amines is 1. The van der Waals surface area contributed by atoms with Crippen LogP contribution in [0.15, 0.2) is 41.4 Å². The Hall–Kier alpha value is -2.11. The molecule has 0 spiro atoms. The lowest BCUT2D eigenvalue weighted by Crippen LogP contribution is -2.37. The lowest BCUT2D eigenvalue weighted by atomic mass is 10.2. The molecule has 2 heterocycles. The average Bonchev–Trinajstić information content (AvgIpc) is 3.18. The van der Waals surface area contributed by atoms with Crippen molar-refractivity contribution in [2.45, 2.75) is 18.1 Å². The minimum absolute atomic E-state index is 0.0194. The quantitative estimate of drug-likeness (QED) is 0.702. The van der Waals surface area contributed by atoms with Crippen LogP contribution in [0.25, 0.3) is 0 Å². The van der Waals surface area contributed by atoms with Gasteiger partial charge >= 0.3 is 6.61 Å². The zero-order chi connectivity index (χ0) is 20.1. The van der Waals surface area contributed by atoms with E-state index >= 15 is 0 Å². The van der Waals surface area contributed by atoms with Gasteiger partial charge in [-0.2, -0.15) is 24.8 Å². The van der Waals surface area contributed by atoms with Gasteiger partial charge in [0, 0.05) is 42.9 Å². The van der Waals surface area contributed by atoms with E-state index < -0.39 is 22.5 Å². The summed E-state index contributed by atoms with van der Waals surface area (Å²) in [5, 5.41) is 2.57. The molecule has 1 fully saturated rings. The average molecular weight is 431 g/mol. The van der Waals surface area contributed by atoms with E-state index in [1.54, 1.807) is 30.0 Å². The third-order valence-corrected chi connectivity index (χ3v) is 6.96. The van der Waals surface area contributed by atoms with Crippen molar-refractivity contribution in [1.29, 1.82) is 0 Å². The molecule has 1 aromatic carbocycles. The van der Waals surface area contributed by atoms with Gasteiger partial charge in [-0.1, -0.05) is 18.2 Å². The molecule has 0 saturated carbocycles. The Morgan fingerprint density at radius 1 is 1.29 bits per heavy atom. The second kappa shape index (κ2) is 8.93. The predicted octanol–water partition coefficient (Wildman–Crippen LogP) is 2.28. The number of carbonyl (C=O) groups is 1. The van der Waals surface area contributed by atoms with Gasteiger partial charge in [-0.05, 0) is 12.1 Å². The standard InChI is InChI=1S/C17H19F2N3O4S2/c18-17(19)26-15-4-2-1-3-12(15)10-21-16(23)14-9-13(11-20-14)28(24,25)22-5-7-27-8-6-22/h1-4,9,11,17,20H,5-8,10H2,(H,21,23). The number of H-pyrrole nitrogens is 1. The molecule has 0 bridgehead atoms. The van der Waals surface area contributed by atoms with E-state index in [2.05, 4.69) is 15.0 Å². The normalized spacial score (nSPS) is 15.5. The van der Waals surface area contributed by atoms with Gasteiger partial charge in [-0.3, -0.25) is 4.79 Å². The second-order valence-electron chi connectivity index (χ2n) is 5.93. The van der Waals surface area contributed by atoms with Crippen molar-refractivity contribution < 1.29 is 26.7 Å². The summed E-state index contributed by atoms with van der Waals surface area (Å²) >= 11 is 1.69. The molecule has 1 saturated heterocycles. The highest BCUT2D eigenvalue weighted by molar-refractivity contribution is 7.99. The Bertz CT molecular complexity index is 928. The summed E-state index contributed by atoms with van der Waals surface area (Å²) < 4.78 is 56.0. The molecule has 152 valence electrons. The molecule has 0 radical (unpaired) electrons. The maximum absolute atomic E-state index is 12.6. The van der Waals surface area contributed by atoms with Gasteiger partial charge in [0.1, 0.15) is 16.3 Å². The number of para-hydroxylation sites is 1. The number of carbonyl (C=O) groups excluding carboxylic acids is 1. The van der Waals surface area contributed by atoms with Crippen LogP contribution in [0, 0.1) is 0 Å². The Morgan fingerprint density at radius 3 is 2.71 bits per heavy atom. The molecule has 2 aromatic rings. The van der Waals surface area contributed by atoms with E-state index in [1.807, 2.05) is 0 Å². The number of sulfonamides is 1. The topological polar surface area (TPSA) is 91.5 Å². The van der Waals surface area contributed by atoms with Crippen LogP contribution in [0.2, 0.25) is 0 Å². The fourth-order valence-electron chi connectivity index (χ4n) is 2.72. The number of nitrogens with one attached hydrogen (secondary N) is 2. The fourth-order valence-corrected chi connectivity index (χ4v) is 5.29. The van der Waals surface area contributed by atoms with Crippen LogP contribution >= 0.6 is 11.8 Å². The highest BCUT2D eigenvalue weighted by atomic mass is 32.2. The summed E-state index contributed by atoms with van der Waals surface area (Å²) in [6.07, 6.45) is 1.28. The number of benzene rings is 1. The molecule has 3 rings (SSSR count). The number of aromatic nitrogens is 1. The number of hydrogen-bond donors (Lipinski definition) is 2. The number of nitrogens with zero attached hydrogens (tertiary/aromatic N) is 1. The zero-order valence-electron chi connectivity index (χ0n) is 14.7. The van der Waals surface area contributed by atoms with Crippen molar-refractivity contribution in [2.24, 2.45) is 0 Å². The molecule has 0 aliphatic carbocycles. The molecular weight excluding hydrogens is 412 g/mol. The monoisotopic (exact) mass is 431 g/mol. The maximum atomic E-state index is 12.6. The Balaban J connectivity index is 1.67. The molecule has 0 unspecified atom stereocenters. The molecular formula is C17H19F2N3O4S2. The SMILES string of the molecule is O=C(NCc1ccccc1OC(F)F)c1cc(S(=O)(=O)N2CCSCC2)c[nH]1. The maximum Gasteiger partial charge on any atom is 0.387 e. The van der Waals surface area contributed by atoms with Crippen molar-refractivity contribution in [3.8, 4) is 5.75 Å². The first-order valence-corrected chi connectivity index (χ1v) is 11.0. The number of halogens is 2. The van der Waals surface area contributed by atoms with Crippen molar-refractivity contribution in [3.63, 3.8) is 0 Å². The molecule has 28 heavy (non-hydrogen) atoms. The first-order chi connectivity index (χ1) is 13.4. The van der Waals surface area contributed by atoms with Gasteiger partial charge in [0.25, 0.3) is 5.91 Å². The number of alkyl halides is 2. The van der Waals surface area contributed by atoms with Crippen LogP contribution in [0.4, 0.5) is 8.78 Å². The smallest absolute Gasteiger partial charge is 0.387 e. The summed E-state index contributed by atoms with van der Waals surface area (Å²) in [6.45, 7) is -2.16. The van der Waals surface area contributed by atoms with E-state index in [4.69, 9.17) is 0 Å².